The van der Waals surface area contributed by atoms with Gasteiger partial charge in [0, 0.05) is 63.5 Å². The van der Waals surface area contributed by atoms with Gasteiger partial charge in [-0.2, -0.15) is 23.1 Å². The van der Waals surface area contributed by atoms with Gasteiger partial charge >= 0.3 is 12.2 Å². The van der Waals surface area contributed by atoms with E-state index in [-0.39, 0.29) is 66.2 Å². The van der Waals surface area contributed by atoms with Gasteiger partial charge in [0.05, 0.1) is 24.8 Å². The fraction of sp³-hybridized carbons (Fsp3) is 0.389. The number of aromatic nitrogens is 3. The van der Waals surface area contributed by atoms with Crippen molar-refractivity contribution in [2.75, 3.05) is 58.8 Å². The molecule has 0 saturated carbocycles. The van der Waals surface area contributed by atoms with Crippen molar-refractivity contribution in [3.63, 3.8) is 0 Å². The van der Waals surface area contributed by atoms with Crippen molar-refractivity contribution in [2.24, 2.45) is 0 Å². The first kappa shape index (κ1) is 34.9. The molecular formula is C36H40F3N7O4. The highest BCUT2D eigenvalue weighted by Crippen LogP contribution is 2.38. The fourth-order valence-electron chi connectivity index (χ4n) is 6.96. The van der Waals surface area contributed by atoms with E-state index in [1.807, 2.05) is 36.4 Å². The standard InChI is InChI=1S/C36H40F3N7O4/c1-3-49-35-42-32(48-2)28(33(43-35)50-23-36(37,38)39)21-44-19-26-20-45(34(47)27-15-10-16-41-31(27)40)17-18-46(26)29(22-44)30(24-11-6-4-7-12-24)25-13-8-5-9-14-25/h4-16,26,29-30H,3,17-23H2,1-2H3,(H2,40,41)/t26-,29+/m1/s1. The smallest absolute Gasteiger partial charge is 0.422 e. The van der Waals surface area contributed by atoms with Crippen LogP contribution in [0.25, 0.3) is 0 Å². The van der Waals surface area contributed by atoms with E-state index in [9.17, 15) is 18.0 Å². The Kier molecular flexibility index (Phi) is 10.7. The average molecular weight is 692 g/mol. The quantitative estimate of drug-likeness (QED) is 0.238. The second-order valence-electron chi connectivity index (χ2n) is 12.3. The third kappa shape index (κ3) is 7.92. The van der Waals surface area contributed by atoms with E-state index in [2.05, 4.69) is 49.0 Å². The molecule has 0 bridgehead atoms. The molecule has 4 heterocycles. The van der Waals surface area contributed by atoms with Crippen molar-refractivity contribution in [3.05, 3.63) is 101 Å². The Morgan fingerprint density at radius 3 is 2.22 bits per heavy atom. The number of amides is 1. The van der Waals surface area contributed by atoms with Gasteiger partial charge in [0.1, 0.15) is 5.82 Å². The molecule has 2 aliphatic heterocycles. The topological polar surface area (TPSA) is 119 Å². The lowest BCUT2D eigenvalue weighted by atomic mass is 9.81. The maximum atomic E-state index is 13.7. The number of benzene rings is 2. The number of ether oxygens (including phenoxy) is 3. The number of anilines is 1. The molecule has 2 fully saturated rings. The number of methoxy groups -OCH3 is 1. The summed E-state index contributed by atoms with van der Waals surface area (Å²) in [6.45, 7) is 3.06. The molecule has 2 aromatic heterocycles. The number of fused-ring (bicyclic) bond motifs is 1. The normalized spacial score (nSPS) is 18.5. The summed E-state index contributed by atoms with van der Waals surface area (Å²) in [5.74, 6) is -0.277. The maximum Gasteiger partial charge on any atom is 0.422 e. The number of piperazine rings is 2. The van der Waals surface area contributed by atoms with Gasteiger partial charge in [-0.1, -0.05) is 60.7 Å². The largest absolute Gasteiger partial charge is 0.481 e. The van der Waals surface area contributed by atoms with Gasteiger partial charge in [-0.15, -0.1) is 0 Å². The van der Waals surface area contributed by atoms with Crippen LogP contribution in [0.2, 0.25) is 0 Å². The minimum atomic E-state index is -4.59. The summed E-state index contributed by atoms with van der Waals surface area (Å²) in [6, 6.07) is 23.5. The van der Waals surface area contributed by atoms with Crippen LogP contribution in [0.4, 0.5) is 19.0 Å². The number of nitrogens with zero attached hydrogens (tertiary/aromatic N) is 6. The van der Waals surface area contributed by atoms with Crippen LogP contribution in [0, 0.1) is 0 Å². The van der Waals surface area contributed by atoms with Crippen LogP contribution in [0.5, 0.6) is 17.8 Å². The van der Waals surface area contributed by atoms with Gasteiger partial charge in [-0.05, 0) is 30.2 Å². The summed E-state index contributed by atoms with van der Waals surface area (Å²) in [7, 11) is 1.39. The molecule has 6 rings (SSSR count). The number of carbonyl (C=O) groups is 1. The van der Waals surface area contributed by atoms with Crippen LogP contribution < -0.4 is 19.9 Å². The van der Waals surface area contributed by atoms with Crippen molar-refractivity contribution in [1.82, 2.24) is 29.7 Å². The number of hydrogen-bond donors (Lipinski definition) is 1. The predicted octanol–water partition coefficient (Wildman–Crippen LogP) is 4.65. The van der Waals surface area contributed by atoms with E-state index in [0.717, 1.165) is 11.1 Å². The molecule has 0 spiro atoms. The molecule has 2 atom stereocenters. The SMILES string of the molecule is CCOc1nc(OC)c(CN2C[C@@H]3CN(C(=O)c4cccnc4N)CCN3[C@H](C(c3ccccc3)c3ccccc3)C2)c(OCC(F)(F)F)n1. The molecule has 14 heteroatoms. The van der Waals surface area contributed by atoms with Crippen molar-refractivity contribution < 1.29 is 32.2 Å². The fourth-order valence-corrected chi connectivity index (χ4v) is 6.96. The Labute approximate surface area is 288 Å². The van der Waals surface area contributed by atoms with Gasteiger partial charge in [0.25, 0.3) is 5.91 Å². The highest BCUT2D eigenvalue weighted by atomic mass is 19.4. The molecule has 264 valence electrons. The summed E-state index contributed by atoms with van der Waals surface area (Å²) in [4.78, 5) is 32.8. The zero-order valence-corrected chi connectivity index (χ0v) is 27.9. The van der Waals surface area contributed by atoms with E-state index in [1.54, 1.807) is 30.2 Å². The van der Waals surface area contributed by atoms with Crippen molar-refractivity contribution in [1.29, 1.82) is 0 Å². The van der Waals surface area contributed by atoms with Crippen LogP contribution in [0.1, 0.15) is 39.9 Å². The molecule has 2 N–H and O–H groups in total. The first-order valence-electron chi connectivity index (χ1n) is 16.5. The zero-order valence-electron chi connectivity index (χ0n) is 27.9. The Morgan fingerprint density at radius 1 is 0.920 bits per heavy atom. The van der Waals surface area contributed by atoms with E-state index in [1.165, 1.54) is 7.11 Å². The summed E-state index contributed by atoms with van der Waals surface area (Å²) in [5.41, 5.74) is 8.96. The number of nitrogens with two attached hydrogens (primary N) is 1. The number of carbonyl (C=O) groups excluding carboxylic acids is 1. The number of alkyl halides is 3. The minimum Gasteiger partial charge on any atom is -0.481 e. The summed E-state index contributed by atoms with van der Waals surface area (Å²) >= 11 is 0. The molecular weight excluding hydrogens is 651 g/mol. The van der Waals surface area contributed by atoms with E-state index in [4.69, 9.17) is 19.9 Å². The second kappa shape index (κ2) is 15.3. The highest BCUT2D eigenvalue weighted by Gasteiger charge is 2.44. The molecule has 0 unspecified atom stereocenters. The number of hydrogen-bond acceptors (Lipinski definition) is 10. The molecule has 2 saturated heterocycles. The average Bonchev–Trinajstić information content (AvgIpc) is 3.12. The molecule has 0 radical (unpaired) electrons. The summed E-state index contributed by atoms with van der Waals surface area (Å²) in [6.07, 6.45) is -3.04. The van der Waals surface area contributed by atoms with Gasteiger partial charge in [0.2, 0.25) is 11.8 Å². The third-order valence-corrected chi connectivity index (χ3v) is 9.06. The molecule has 11 nitrogen and oxygen atoms in total. The highest BCUT2D eigenvalue weighted by molar-refractivity contribution is 5.98. The Morgan fingerprint density at radius 2 is 1.60 bits per heavy atom. The summed E-state index contributed by atoms with van der Waals surface area (Å²) in [5, 5.41) is 0. The Bertz CT molecular complexity index is 1710. The van der Waals surface area contributed by atoms with Crippen LogP contribution in [0.15, 0.2) is 79.0 Å². The number of pyridine rings is 1. The van der Waals surface area contributed by atoms with Gasteiger partial charge in [-0.25, -0.2) is 4.98 Å². The van der Waals surface area contributed by atoms with E-state index < -0.39 is 12.8 Å². The molecule has 1 amide bonds. The van der Waals surface area contributed by atoms with Crippen LogP contribution in [-0.2, 0) is 6.54 Å². The molecule has 2 aliphatic rings. The van der Waals surface area contributed by atoms with Gasteiger partial charge in [0.15, 0.2) is 6.61 Å². The van der Waals surface area contributed by atoms with Crippen molar-refractivity contribution in [3.8, 4) is 17.8 Å². The van der Waals surface area contributed by atoms with Gasteiger partial charge in [-0.3, -0.25) is 14.6 Å². The maximum absolute atomic E-state index is 13.7. The van der Waals surface area contributed by atoms with Crippen molar-refractivity contribution >= 4 is 11.7 Å². The predicted molar refractivity (Wildman–Crippen MR) is 180 cm³/mol. The molecule has 50 heavy (non-hydrogen) atoms. The lowest BCUT2D eigenvalue weighted by Crippen LogP contribution is -2.67. The third-order valence-electron chi connectivity index (χ3n) is 9.06. The first-order chi connectivity index (χ1) is 24.1. The zero-order chi connectivity index (χ0) is 35.3. The Hall–Kier alpha value is -4.95. The lowest BCUT2D eigenvalue weighted by molar-refractivity contribution is -0.154. The van der Waals surface area contributed by atoms with Crippen molar-refractivity contribution in [2.45, 2.75) is 37.6 Å². The van der Waals surface area contributed by atoms with Crippen LogP contribution >= 0.6 is 0 Å². The van der Waals surface area contributed by atoms with Crippen LogP contribution in [0.3, 0.4) is 0 Å². The summed E-state index contributed by atoms with van der Waals surface area (Å²) < 4.78 is 56.4. The van der Waals surface area contributed by atoms with E-state index >= 15 is 0 Å². The Balaban J connectivity index is 1.38. The minimum absolute atomic E-state index is 0.0571. The van der Waals surface area contributed by atoms with Gasteiger partial charge < -0.3 is 24.8 Å². The first-order valence-corrected chi connectivity index (χ1v) is 16.5. The molecule has 2 aromatic carbocycles. The second-order valence-corrected chi connectivity index (χ2v) is 12.3. The van der Waals surface area contributed by atoms with E-state index in [0.29, 0.717) is 38.3 Å². The monoisotopic (exact) mass is 691 g/mol. The number of nitrogen functional groups attached to an aromatic ring is 1. The number of rotatable bonds is 11. The number of halogens is 3. The lowest BCUT2D eigenvalue weighted by Gasteiger charge is -2.53. The van der Waals surface area contributed by atoms with Crippen LogP contribution in [-0.4, -0.2) is 107 Å². The molecule has 0 aliphatic carbocycles. The molecule has 4 aromatic rings.